The van der Waals surface area contributed by atoms with Crippen LogP contribution in [0.3, 0.4) is 0 Å². The van der Waals surface area contributed by atoms with Crippen molar-refractivity contribution in [2.24, 2.45) is 0 Å². The van der Waals surface area contributed by atoms with Gasteiger partial charge in [0.05, 0.1) is 0 Å². The summed E-state index contributed by atoms with van der Waals surface area (Å²) in [6.07, 6.45) is 0. The SMILES string of the molecule is c1ccc(-c2ccc(-c3cccc(-c4cccc(-c5cc(-c6cccc(-c7cccc(-c8ccc(-c9ccccc9)cc8)c7)c6)cc(-c6cccc(-c7cccc(-c8ccc(-c9ccccc9)cc8)c7)c6)c5)c4)c3)cc2)cc1. The van der Waals surface area contributed by atoms with Gasteiger partial charge in [-0.3, -0.25) is 0 Å². The maximum Gasteiger partial charge on any atom is -0.0171 e. The average Bonchev–Trinajstić information content (AvgIpc) is 3.54. The molecule has 0 bridgehead atoms. The van der Waals surface area contributed by atoms with Crippen LogP contribution < -0.4 is 0 Å². The first-order valence-corrected chi connectivity index (χ1v) is 26.9. The summed E-state index contributed by atoms with van der Waals surface area (Å²) in [7, 11) is 0. The number of hydrogen-bond donors (Lipinski definition) is 0. The second-order valence-corrected chi connectivity index (χ2v) is 20.1. The van der Waals surface area contributed by atoms with Gasteiger partial charge in [0.2, 0.25) is 0 Å². The van der Waals surface area contributed by atoms with E-state index in [-0.39, 0.29) is 0 Å². The van der Waals surface area contributed by atoms with Crippen molar-refractivity contribution in [3.8, 4) is 134 Å². The third-order valence-electron chi connectivity index (χ3n) is 15.1. The summed E-state index contributed by atoms with van der Waals surface area (Å²) in [5, 5.41) is 0. The Balaban J connectivity index is 0.857. The highest BCUT2D eigenvalue weighted by Gasteiger charge is 2.13. The molecule has 0 saturated carbocycles. The first kappa shape index (κ1) is 47.6. The van der Waals surface area contributed by atoms with Gasteiger partial charge in [0.1, 0.15) is 0 Å². The molecule has 0 aliphatic carbocycles. The Morgan fingerprint density at radius 3 is 0.385 bits per heavy atom. The summed E-state index contributed by atoms with van der Waals surface area (Å²) in [5.74, 6) is 0. The summed E-state index contributed by atoms with van der Waals surface area (Å²) < 4.78 is 0. The summed E-state index contributed by atoms with van der Waals surface area (Å²) in [6, 6.07) is 119. The van der Waals surface area contributed by atoms with Crippen LogP contribution in [0.2, 0.25) is 0 Å². The zero-order chi connectivity index (χ0) is 52.0. The van der Waals surface area contributed by atoms with Gasteiger partial charge in [0.15, 0.2) is 0 Å². The quantitative estimate of drug-likeness (QED) is 0.114. The highest BCUT2D eigenvalue weighted by Crippen LogP contribution is 2.39. The third kappa shape index (κ3) is 10.3. The fourth-order valence-electron chi connectivity index (χ4n) is 10.9. The van der Waals surface area contributed by atoms with Crippen molar-refractivity contribution in [3.63, 3.8) is 0 Å². The molecule has 0 N–H and O–H groups in total. The predicted octanol–water partition coefficient (Wildman–Crippen LogP) is 21.7. The van der Waals surface area contributed by atoms with Gasteiger partial charge in [0, 0.05) is 0 Å². The summed E-state index contributed by atoms with van der Waals surface area (Å²) in [4.78, 5) is 0. The molecule has 0 atom stereocenters. The largest absolute Gasteiger partial charge is 0.0622 e. The van der Waals surface area contributed by atoms with Crippen LogP contribution >= 0.6 is 0 Å². The molecule has 0 aromatic heterocycles. The van der Waals surface area contributed by atoms with Gasteiger partial charge in [-0.05, 0) is 188 Å². The molecule has 366 valence electrons. The lowest BCUT2D eigenvalue weighted by Gasteiger charge is -2.15. The minimum Gasteiger partial charge on any atom is -0.0622 e. The van der Waals surface area contributed by atoms with Crippen molar-refractivity contribution in [1.82, 2.24) is 0 Å². The molecule has 0 nitrogen and oxygen atoms in total. The van der Waals surface area contributed by atoms with Crippen molar-refractivity contribution in [2.45, 2.75) is 0 Å². The summed E-state index contributed by atoms with van der Waals surface area (Å²) in [6.45, 7) is 0. The Bertz CT molecular complexity index is 3740. The van der Waals surface area contributed by atoms with Crippen LogP contribution in [0.1, 0.15) is 0 Å². The Morgan fingerprint density at radius 2 is 0.192 bits per heavy atom. The minimum absolute atomic E-state index is 1.16. The predicted molar refractivity (Wildman–Crippen MR) is 332 cm³/mol. The van der Waals surface area contributed by atoms with Crippen LogP contribution in [0.25, 0.3) is 134 Å². The molecule has 0 spiro atoms. The minimum atomic E-state index is 1.16. The average molecular weight is 991 g/mol. The van der Waals surface area contributed by atoms with Crippen molar-refractivity contribution in [2.75, 3.05) is 0 Å². The van der Waals surface area contributed by atoms with E-state index in [2.05, 4.69) is 328 Å². The smallest absolute Gasteiger partial charge is 0.0171 e. The Labute approximate surface area is 458 Å². The third-order valence-corrected chi connectivity index (χ3v) is 15.1. The van der Waals surface area contributed by atoms with Crippen LogP contribution in [0.5, 0.6) is 0 Å². The zero-order valence-corrected chi connectivity index (χ0v) is 43.2. The van der Waals surface area contributed by atoms with Gasteiger partial charge in [-0.2, -0.15) is 0 Å². The standard InChI is InChI=1S/C78H54/c1-4-16-55(17-5-1)58-34-40-61(41-35-58)64-22-10-25-67(46-64)70-28-13-31-73(49-70)76-52-77(74-32-14-29-71(50-74)68-26-11-23-65(47-68)62-42-36-59(37-43-62)56-18-6-2-7-19-56)54-78(53-76)75-33-15-30-72(51-75)69-27-12-24-66(48-69)63-44-38-60(39-45-63)57-20-8-3-9-21-57/h1-54H. The number of benzene rings is 13. The topological polar surface area (TPSA) is 0 Å². The van der Waals surface area contributed by atoms with Crippen molar-refractivity contribution in [3.05, 3.63) is 328 Å². The van der Waals surface area contributed by atoms with Crippen LogP contribution in [0.15, 0.2) is 328 Å². The van der Waals surface area contributed by atoms with Gasteiger partial charge < -0.3 is 0 Å². The highest BCUT2D eigenvalue weighted by atomic mass is 14.2. The molecule has 0 aliphatic rings. The summed E-state index contributed by atoms with van der Waals surface area (Å²) >= 11 is 0. The molecule has 0 saturated heterocycles. The van der Waals surface area contributed by atoms with Gasteiger partial charge in [-0.1, -0.05) is 273 Å². The van der Waals surface area contributed by atoms with Crippen LogP contribution in [0.4, 0.5) is 0 Å². The second-order valence-electron chi connectivity index (χ2n) is 20.1. The van der Waals surface area contributed by atoms with E-state index in [0.29, 0.717) is 0 Å². The molecule has 0 fully saturated rings. The van der Waals surface area contributed by atoms with Gasteiger partial charge in [0.25, 0.3) is 0 Å². The van der Waals surface area contributed by atoms with E-state index in [4.69, 9.17) is 0 Å². The normalized spacial score (nSPS) is 11.1. The van der Waals surface area contributed by atoms with E-state index < -0.39 is 0 Å². The molecule has 13 aromatic rings. The lowest BCUT2D eigenvalue weighted by Crippen LogP contribution is -1.89. The highest BCUT2D eigenvalue weighted by molar-refractivity contribution is 5.87. The Hall–Kier alpha value is -10.1. The van der Waals surface area contributed by atoms with Crippen molar-refractivity contribution in [1.29, 1.82) is 0 Å². The molecule has 0 amide bonds. The maximum atomic E-state index is 2.37. The Morgan fingerprint density at radius 1 is 0.0769 bits per heavy atom. The fraction of sp³-hybridized carbons (Fsp3) is 0. The molecule has 78 heavy (non-hydrogen) atoms. The summed E-state index contributed by atoms with van der Waals surface area (Å²) in [5.41, 5.74) is 28.5. The second kappa shape index (κ2) is 21.6. The molecule has 13 aromatic carbocycles. The fourth-order valence-corrected chi connectivity index (χ4v) is 10.9. The van der Waals surface area contributed by atoms with Crippen LogP contribution in [0, 0.1) is 0 Å². The molecule has 13 rings (SSSR count). The first-order chi connectivity index (χ1) is 38.6. The van der Waals surface area contributed by atoms with Crippen LogP contribution in [-0.4, -0.2) is 0 Å². The molecule has 0 heterocycles. The number of rotatable bonds is 12. The molecule has 0 aliphatic heterocycles. The van der Waals surface area contributed by atoms with Gasteiger partial charge >= 0.3 is 0 Å². The van der Waals surface area contributed by atoms with E-state index in [1.54, 1.807) is 0 Å². The van der Waals surface area contributed by atoms with Crippen molar-refractivity contribution < 1.29 is 0 Å². The van der Waals surface area contributed by atoms with E-state index in [1.807, 2.05) is 0 Å². The maximum absolute atomic E-state index is 2.37. The van der Waals surface area contributed by atoms with Crippen LogP contribution in [-0.2, 0) is 0 Å². The monoisotopic (exact) mass is 990 g/mol. The van der Waals surface area contributed by atoms with Gasteiger partial charge in [-0.25, -0.2) is 0 Å². The number of hydrogen-bond acceptors (Lipinski definition) is 0. The Kier molecular flexibility index (Phi) is 13.2. The van der Waals surface area contributed by atoms with Crippen molar-refractivity contribution >= 4 is 0 Å². The lowest BCUT2D eigenvalue weighted by molar-refractivity contribution is 1.54. The zero-order valence-electron chi connectivity index (χ0n) is 43.2. The van der Waals surface area contributed by atoms with E-state index >= 15 is 0 Å². The van der Waals surface area contributed by atoms with E-state index in [1.165, 1.54) is 100 Å². The molecule has 0 radical (unpaired) electrons. The molecular weight excluding hydrogens is 937 g/mol. The molecular formula is C78H54. The van der Waals surface area contributed by atoms with E-state index in [0.717, 1.165) is 33.4 Å². The first-order valence-electron chi connectivity index (χ1n) is 26.9. The van der Waals surface area contributed by atoms with E-state index in [9.17, 15) is 0 Å². The van der Waals surface area contributed by atoms with Gasteiger partial charge in [-0.15, -0.1) is 0 Å². The molecule has 0 heteroatoms. The molecule has 0 unspecified atom stereocenters. The lowest BCUT2D eigenvalue weighted by atomic mass is 9.90.